The number of hydrogen-bond donors (Lipinski definition) is 1. The van der Waals surface area contributed by atoms with Crippen molar-refractivity contribution in [3.05, 3.63) is 91.9 Å². The van der Waals surface area contributed by atoms with Crippen LogP contribution in [0.15, 0.2) is 71.2 Å². The van der Waals surface area contributed by atoms with Crippen LogP contribution < -0.4 is 10.6 Å². The van der Waals surface area contributed by atoms with Crippen LogP contribution in [0, 0.1) is 26.9 Å². The molecule has 32 heavy (non-hydrogen) atoms. The van der Waals surface area contributed by atoms with Gasteiger partial charge in [-0.15, -0.1) is 0 Å². The number of ketones is 1. The van der Waals surface area contributed by atoms with E-state index in [4.69, 9.17) is 17.3 Å². The monoisotopic (exact) mass is 448 g/mol. The molecule has 0 fully saturated rings. The molecule has 0 radical (unpaired) electrons. The molecule has 7 nitrogen and oxygen atoms in total. The van der Waals surface area contributed by atoms with E-state index in [0.717, 1.165) is 5.70 Å². The van der Waals surface area contributed by atoms with Gasteiger partial charge in [-0.2, -0.15) is 5.26 Å². The number of halogens is 1. The molecule has 2 aromatic rings. The Kier molecular flexibility index (Phi) is 5.27. The van der Waals surface area contributed by atoms with Gasteiger partial charge in [0.15, 0.2) is 5.78 Å². The summed E-state index contributed by atoms with van der Waals surface area (Å²) >= 11 is 6.06. The van der Waals surface area contributed by atoms with Crippen LogP contribution in [-0.4, -0.2) is 10.7 Å². The Morgan fingerprint density at radius 2 is 1.78 bits per heavy atom. The normalized spacial score (nSPS) is 20.1. The molecular formula is C24H21ClN4O3. The zero-order valence-electron chi connectivity index (χ0n) is 17.6. The lowest BCUT2D eigenvalue weighted by Gasteiger charge is -2.43. The maximum Gasteiger partial charge on any atom is 0.269 e. The molecule has 1 aliphatic carbocycles. The summed E-state index contributed by atoms with van der Waals surface area (Å²) < 4.78 is 0. The number of non-ortho nitro benzene ring substituents is 1. The fraction of sp³-hybridized carbons (Fsp3) is 0.250. The third-order valence-corrected chi connectivity index (χ3v) is 6.16. The van der Waals surface area contributed by atoms with Gasteiger partial charge < -0.3 is 5.73 Å². The van der Waals surface area contributed by atoms with Crippen LogP contribution in [0.25, 0.3) is 0 Å². The molecule has 0 saturated carbocycles. The predicted molar refractivity (Wildman–Crippen MR) is 122 cm³/mol. The fourth-order valence-corrected chi connectivity index (χ4v) is 4.64. The van der Waals surface area contributed by atoms with Crippen LogP contribution in [0.4, 0.5) is 11.4 Å². The minimum absolute atomic E-state index is 0.0567. The van der Waals surface area contributed by atoms with Crippen LogP contribution in [-0.2, 0) is 4.79 Å². The highest BCUT2D eigenvalue weighted by Crippen LogP contribution is 2.50. The molecule has 8 heteroatoms. The van der Waals surface area contributed by atoms with Gasteiger partial charge in [0.1, 0.15) is 5.82 Å². The molecule has 1 aliphatic heterocycles. The summed E-state index contributed by atoms with van der Waals surface area (Å²) in [5, 5.41) is 21.7. The van der Waals surface area contributed by atoms with Gasteiger partial charge in [0, 0.05) is 40.5 Å². The van der Waals surface area contributed by atoms with Crippen LogP contribution in [0.2, 0.25) is 5.02 Å². The fourth-order valence-electron chi connectivity index (χ4n) is 4.52. The summed E-state index contributed by atoms with van der Waals surface area (Å²) in [5.41, 5.74) is 9.02. The number of Topliss-reactive ketones (excluding diaryl/α,β-unsaturated/α-hetero) is 1. The Morgan fingerprint density at radius 1 is 1.16 bits per heavy atom. The third kappa shape index (κ3) is 3.63. The van der Waals surface area contributed by atoms with Gasteiger partial charge in [-0.05, 0) is 41.7 Å². The molecule has 0 saturated heterocycles. The average Bonchev–Trinajstić information content (AvgIpc) is 2.73. The quantitative estimate of drug-likeness (QED) is 0.510. The van der Waals surface area contributed by atoms with Crippen molar-refractivity contribution in [3.63, 3.8) is 0 Å². The number of benzene rings is 2. The molecule has 2 aromatic carbocycles. The Labute approximate surface area is 190 Å². The van der Waals surface area contributed by atoms with Crippen molar-refractivity contribution in [1.82, 2.24) is 0 Å². The number of anilines is 1. The van der Waals surface area contributed by atoms with E-state index in [1.54, 1.807) is 41.3 Å². The third-order valence-electron chi connectivity index (χ3n) is 5.90. The van der Waals surface area contributed by atoms with Crippen molar-refractivity contribution in [3.8, 4) is 6.07 Å². The predicted octanol–water partition coefficient (Wildman–Crippen LogP) is 5.19. The second-order valence-corrected chi connectivity index (χ2v) is 9.24. The smallest absolute Gasteiger partial charge is 0.269 e. The van der Waals surface area contributed by atoms with Crippen molar-refractivity contribution in [1.29, 1.82) is 5.26 Å². The van der Waals surface area contributed by atoms with Gasteiger partial charge in [-0.25, -0.2) is 0 Å². The Hall–Kier alpha value is -3.63. The van der Waals surface area contributed by atoms with Gasteiger partial charge in [0.25, 0.3) is 5.69 Å². The highest BCUT2D eigenvalue weighted by Gasteiger charge is 2.44. The maximum absolute atomic E-state index is 13.4. The molecule has 0 spiro atoms. The highest BCUT2D eigenvalue weighted by atomic mass is 35.5. The number of nitro groups is 1. The number of hydrogen-bond acceptors (Lipinski definition) is 6. The minimum atomic E-state index is -0.678. The number of allylic oxidation sites excluding steroid dienone is 3. The molecule has 162 valence electrons. The molecule has 2 N–H and O–H groups in total. The van der Waals surface area contributed by atoms with E-state index >= 15 is 0 Å². The first-order valence-corrected chi connectivity index (χ1v) is 10.5. The zero-order chi connectivity index (χ0) is 23.2. The molecule has 0 aromatic heterocycles. The number of nitrogens with two attached hydrogens (primary N) is 1. The molecule has 1 atom stereocenters. The van der Waals surface area contributed by atoms with Gasteiger partial charge >= 0.3 is 0 Å². The lowest BCUT2D eigenvalue weighted by Crippen LogP contribution is -2.42. The van der Waals surface area contributed by atoms with Crippen molar-refractivity contribution in [2.75, 3.05) is 4.90 Å². The van der Waals surface area contributed by atoms with Crippen LogP contribution in [0.5, 0.6) is 0 Å². The van der Waals surface area contributed by atoms with Gasteiger partial charge in [-0.1, -0.05) is 37.6 Å². The molecule has 0 bridgehead atoms. The molecule has 2 aliphatic rings. The molecular weight excluding hydrogens is 428 g/mol. The SMILES string of the molecule is CC1(C)CC(=O)C2=C(C1)N(c1ccc(Cl)cc1)C(N)=C(C#N)[C@H]2c1ccc([N+](=O)[O-])cc1. The summed E-state index contributed by atoms with van der Waals surface area (Å²) in [5.74, 6) is -0.496. The summed E-state index contributed by atoms with van der Waals surface area (Å²) in [7, 11) is 0. The first-order chi connectivity index (χ1) is 15.1. The average molecular weight is 449 g/mol. The molecule has 0 amide bonds. The Morgan fingerprint density at radius 3 is 2.34 bits per heavy atom. The summed E-state index contributed by atoms with van der Waals surface area (Å²) in [6, 6.07) is 15.2. The van der Waals surface area contributed by atoms with Gasteiger partial charge in [0.05, 0.1) is 22.5 Å². The second kappa shape index (κ2) is 7.81. The van der Waals surface area contributed by atoms with E-state index in [1.165, 1.54) is 12.1 Å². The van der Waals surface area contributed by atoms with Crippen molar-refractivity contribution in [2.24, 2.45) is 11.1 Å². The van der Waals surface area contributed by atoms with Crippen molar-refractivity contribution in [2.45, 2.75) is 32.6 Å². The highest BCUT2D eigenvalue weighted by molar-refractivity contribution is 6.30. The number of nitriles is 1. The van der Waals surface area contributed by atoms with Gasteiger partial charge in [-0.3, -0.25) is 19.8 Å². The van der Waals surface area contributed by atoms with Crippen LogP contribution >= 0.6 is 11.6 Å². The Balaban J connectivity index is 1.96. The molecule has 1 heterocycles. The zero-order valence-corrected chi connectivity index (χ0v) is 18.4. The first kappa shape index (κ1) is 21.6. The number of nitrogens with zero attached hydrogens (tertiary/aromatic N) is 3. The van der Waals surface area contributed by atoms with E-state index in [9.17, 15) is 20.2 Å². The summed E-state index contributed by atoms with van der Waals surface area (Å²) in [6.45, 7) is 4.05. The van der Waals surface area contributed by atoms with Crippen molar-refractivity contribution >= 4 is 28.8 Å². The van der Waals surface area contributed by atoms with E-state index in [0.29, 0.717) is 34.7 Å². The van der Waals surface area contributed by atoms with Gasteiger partial charge in [0.2, 0.25) is 0 Å². The topological polar surface area (TPSA) is 113 Å². The Bertz CT molecular complexity index is 1220. The molecule has 0 unspecified atom stereocenters. The van der Waals surface area contributed by atoms with Crippen LogP contribution in [0.3, 0.4) is 0 Å². The lowest BCUT2D eigenvalue weighted by atomic mass is 9.68. The van der Waals surface area contributed by atoms with Crippen molar-refractivity contribution < 1.29 is 9.72 Å². The maximum atomic E-state index is 13.4. The largest absolute Gasteiger partial charge is 0.384 e. The van der Waals surface area contributed by atoms with Crippen LogP contribution in [0.1, 0.15) is 38.2 Å². The van der Waals surface area contributed by atoms with E-state index in [2.05, 4.69) is 6.07 Å². The summed E-state index contributed by atoms with van der Waals surface area (Å²) in [6.07, 6.45) is 0.919. The number of rotatable bonds is 3. The van der Waals surface area contributed by atoms with E-state index < -0.39 is 10.8 Å². The summed E-state index contributed by atoms with van der Waals surface area (Å²) in [4.78, 5) is 25.8. The van der Waals surface area contributed by atoms with E-state index in [1.807, 2.05) is 13.8 Å². The standard InChI is InChI=1S/C24H21ClN4O3/c1-24(2)11-19-22(20(30)12-24)21(14-3-7-17(8-4-14)29(31)32)18(13-26)23(27)28(19)16-9-5-15(25)6-10-16/h3-10,21H,11-12,27H2,1-2H3/t21-/m1/s1. The second-order valence-electron chi connectivity index (χ2n) is 8.81. The number of nitro benzene ring substituents is 1. The number of carbonyl (C=O) groups is 1. The lowest BCUT2D eigenvalue weighted by molar-refractivity contribution is -0.384. The first-order valence-electron chi connectivity index (χ1n) is 10.1. The number of carbonyl (C=O) groups excluding carboxylic acids is 1. The van der Waals surface area contributed by atoms with E-state index in [-0.39, 0.29) is 28.3 Å². The molecule has 4 rings (SSSR count). The minimum Gasteiger partial charge on any atom is -0.384 e.